The molecule has 9 heteroatoms. The van der Waals surface area contributed by atoms with Gasteiger partial charge >= 0.3 is 6.09 Å². The molecule has 2 aromatic rings. The van der Waals surface area contributed by atoms with Gasteiger partial charge in [0.05, 0.1) is 5.54 Å². The zero-order valence-corrected chi connectivity index (χ0v) is 20.6. The van der Waals surface area contributed by atoms with E-state index in [1.807, 2.05) is 24.3 Å². The number of carbonyl (C=O) groups excluding carboxylic acids is 3. The Morgan fingerprint density at radius 1 is 0.943 bits per heavy atom. The molecule has 35 heavy (non-hydrogen) atoms. The van der Waals surface area contributed by atoms with E-state index in [4.69, 9.17) is 10.5 Å². The highest BCUT2D eigenvalue weighted by atomic mass is 16.6. The normalized spacial score (nSPS) is 12.0. The van der Waals surface area contributed by atoms with E-state index in [9.17, 15) is 19.6 Å². The molecule has 1 atom stereocenters. The number of benzene rings is 2. The number of amides is 3. The van der Waals surface area contributed by atoms with Crippen molar-refractivity contribution < 1.29 is 24.3 Å². The van der Waals surface area contributed by atoms with Crippen molar-refractivity contribution in [2.24, 2.45) is 5.73 Å². The Morgan fingerprint density at radius 3 is 1.91 bits per heavy atom. The number of hydroxylamine groups is 1. The lowest BCUT2D eigenvalue weighted by molar-refractivity contribution is -0.132. The van der Waals surface area contributed by atoms with Gasteiger partial charge in [-0.05, 0) is 76.6 Å². The maximum Gasteiger partial charge on any atom is 0.408 e. The molecule has 0 aromatic heterocycles. The van der Waals surface area contributed by atoms with Crippen LogP contribution in [0.2, 0.25) is 0 Å². The molecular weight excluding hydrogens is 448 g/mol. The SMILES string of the molecule is CC(C)(C)OC(=O)NC(C)(C)[C@H](NC(=O)c1ccc(C#Cc2ccc(CN)cc2)cc1)C(=O)NO. The molecule has 0 saturated heterocycles. The zero-order valence-electron chi connectivity index (χ0n) is 20.6. The lowest BCUT2D eigenvalue weighted by atomic mass is 9.93. The average molecular weight is 481 g/mol. The van der Waals surface area contributed by atoms with E-state index < -0.39 is 35.1 Å². The molecule has 6 N–H and O–H groups in total. The highest BCUT2D eigenvalue weighted by molar-refractivity contribution is 5.98. The Morgan fingerprint density at radius 2 is 1.46 bits per heavy atom. The Bertz CT molecular complexity index is 1110. The fraction of sp³-hybridized carbons (Fsp3) is 0.346. The first-order chi connectivity index (χ1) is 16.3. The first kappa shape index (κ1) is 27.4. The van der Waals surface area contributed by atoms with Gasteiger partial charge in [-0.25, -0.2) is 10.3 Å². The van der Waals surface area contributed by atoms with Crippen molar-refractivity contribution in [3.63, 3.8) is 0 Å². The van der Waals surface area contributed by atoms with E-state index in [1.54, 1.807) is 45.0 Å². The predicted molar refractivity (Wildman–Crippen MR) is 131 cm³/mol. The molecule has 3 amide bonds. The van der Waals surface area contributed by atoms with Crippen LogP contribution in [0.25, 0.3) is 0 Å². The lowest BCUT2D eigenvalue weighted by Crippen LogP contribution is -2.64. The summed E-state index contributed by atoms with van der Waals surface area (Å²) in [5.41, 5.74) is 7.89. The second-order valence-electron chi connectivity index (χ2n) is 9.46. The molecular formula is C26H32N4O5. The first-order valence-corrected chi connectivity index (χ1v) is 11.0. The Hall–Kier alpha value is -3.87. The fourth-order valence-corrected chi connectivity index (χ4v) is 3.06. The molecule has 0 spiro atoms. The van der Waals surface area contributed by atoms with Crippen LogP contribution in [-0.4, -0.2) is 40.3 Å². The predicted octanol–water partition coefficient (Wildman–Crippen LogP) is 2.45. The summed E-state index contributed by atoms with van der Waals surface area (Å²) in [6.07, 6.45) is -0.770. The van der Waals surface area contributed by atoms with Crippen molar-refractivity contribution >= 4 is 17.9 Å². The smallest absolute Gasteiger partial charge is 0.408 e. The molecule has 0 heterocycles. The maximum absolute atomic E-state index is 12.8. The summed E-state index contributed by atoms with van der Waals surface area (Å²) in [5.74, 6) is 4.60. The Kier molecular flexibility index (Phi) is 9.00. The lowest BCUT2D eigenvalue weighted by Gasteiger charge is -2.34. The van der Waals surface area contributed by atoms with Crippen molar-refractivity contribution in [2.75, 3.05) is 0 Å². The van der Waals surface area contributed by atoms with Crippen LogP contribution >= 0.6 is 0 Å². The van der Waals surface area contributed by atoms with E-state index >= 15 is 0 Å². The standard InChI is InChI=1S/C26H32N4O5/c1-25(2,3)35-24(33)29-26(4,5)21(23(32)30-34)28-22(31)20-14-12-18(13-15-20)7-6-17-8-10-19(16-27)11-9-17/h8-15,21,34H,16,27H2,1-5H3,(H,28,31)(H,29,33)(H,30,32)/t21-/m1/s1. The van der Waals surface area contributed by atoms with Gasteiger partial charge in [0.15, 0.2) is 0 Å². The van der Waals surface area contributed by atoms with Gasteiger partial charge < -0.3 is 21.1 Å². The van der Waals surface area contributed by atoms with Crippen LogP contribution in [0.5, 0.6) is 0 Å². The van der Waals surface area contributed by atoms with Crippen LogP contribution in [0, 0.1) is 11.8 Å². The van der Waals surface area contributed by atoms with Gasteiger partial charge in [-0.15, -0.1) is 0 Å². The van der Waals surface area contributed by atoms with Gasteiger partial charge in [-0.3, -0.25) is 14.8 Å². The minimum Gasteiger partial charge on any atom is -0.444 e. The van der Waals surface area contributed by atoms with Crippen LogP contribution in [0.4, 0.5) is 4.79 Å². The minimum atomic E-state index is -1.30. The average Bonchev–Trinajstić information content (AvgIpc) is 2.79. The fourth-order valence-electron chi connectivity index (χ4n) is 3.06. The van der Waals surface area contributed by atoms with Crippen LogP contribution < -0.4 is 21.8 Å². The molecule has 0 aliphatic rings. The number of nitrogens with one attached hydrogen (secondary N) is 3. The Labute approximate surface area is 205 Å². The summed E-state index contributed by atoms with van der Waals surface area (Å²) in [7, 11) is 0. The second-order valence-corrected chi connectivity index (χ2v) is 9.46. The molecule has 0 fully saturated rings. The molecule has 0 unspecified atom stereocenters. The van der Waals surface area contributed by atoms with Crippen LogP contribution in [0.3, 0.4) is 0 Å². The van der Waals surface area contributed by atoms with E-state index in [1.165, 1.54) is 19.3 Å². The zero-order chi connectivity index (χ0) is 26.2. The van der Waals surface area contributed by atoms with Crippen molar-refractivity contribution in [2.45, 2.75) is 58.3 Å². The summed E-state index contributed by atoms with van der Waals surface area (Å²) in [4.78, 5) is 37.4. The van der Waals surface area contributed by atoms with Crippen LogP contribution in [0.15, 0.2) is 48.5 Å². The van der Waals surface area contributed by atoms with E-state index in [0.717, 1.165) is 11.1 Å². The van der Waals surface area contributed by atoms with Gasteiger partial charge in [0, 0.05) is 23.2 Å². The van der Waals surface area contributed by atoms with Crippen molar-refractivity contribution in [1.82, 2.24) is 16.1 Å². The molecule has 0 aliphatic carbocycles. The van der Waals surface area contributed by atoms with Gasteiger partial charge in [-0.1, -0.05) is 24.0 Å². The maximum atomic E-state index is 12.8. The summed E-state index contributed by atoms with van der Waals surface area (Å²) in [6, 6.07) is 12.8. The first-order valence-electron chi connectivity index (χ1n) is 11.0. The quantitative estimate of drug-likeness (QED) is 0.244. The molecule has 0 radical (unpaired) electrons. The molecule has 0 aliphatic heterocycles. The highest BCUT2D eigenvalue weighted by Gasteiger charge is 2.39. The molecule has 0 bridgehead atoms. The molecule has 9 nitrogen and oxygen atoms in total. The molecule has 186 valence electrons. The third-order valence-corrected chi connectivity index (χ3v) is 4.88. The monoisotopic (exact) mass is 480 g/mol. The summed E-state index contributed by atoms with van der Waals surface area (Å²) >= 11 is 0. The molecule has 0 saturated carbocycles. The van der Waals surface area contributed by atoms with Gasteiger partial charge in [0.1, 0.15) is 11.6 Å². The van der Waals surface area contributed by atoms with Crippen molar-refractivity contribution in [1.29, 1.82) is 0 Å². The minimum absolute atomic E-state index is 0.270. The Balaban J connectivity index is 2.13. The summed E-state index contributed by atoms with van der Waals surface area (Å²) in [5, 5.41) is 14.3. The van der Waals surface area contributed by atoms with Crippen molar-refractivity contribution in [3.8, 4) is 11.8 Å². The number of hydrogen-bond donors (Lipinski definition) is 5. The topological polar surface area (TPSA) is 143 Å². The summed E-state index contributed by atoms with van der Waals surface area (Å²) in [6.45, 7) is 8.61. The number of nitrogens with two attached hydrogens (primary N) is 1. The third-order valence-electron chi connectivity index (χ3n) is 4.88. The largest absolute Gasteiger partial charge is 0.444 e. The number of rotatable bonds is 6. The van der Waals surface area contributed by atoms with Crippen molar-refractivity contribution in [3.05, 3.63) is 70.8 Å². The number of carbonyl (C=O) groups is 3. The summed E-state index contributed by atoms with van der Waals surface area (Å²) < 4.78 is 5.23. The van der Waals surface area contributed by atoms with Gasteiger partial charge in [0.25, 0.3) is 11.8 Å². The van der Waals surface area contributed by atoms with Gasteiger partial charge in [0.2, 0.25) is 0 Å². The van der Waals surface area contributed by atoms with Crippen LogP contribution in [0.1, 0.15) is 61.7 Å². The molecule has 2 aromatic carbocycles. The third kappa shape index (κ3) is 8.45. The van der Waals surface area contributed by atoms with Crippen LogP contribution in [-0.2, 0) is 16.1 Å². The number of hydrogen-bond acceptors (Lipinski definition) is 6. The second kappa shape index (κ2) is 11.5. The number of alkyl carbamates (subject to hydrolysis) is 1. The van der Waals surface area contributed by atoms with E-state index in [2.05, 4.69) is 22.5 Å². The highest BCUT2D eigenvalue weighted by Crippen LogP contribution is 2.14. The number of ether oxygens (including phenoxy) is 1. The van der Waals surface area contributed by atoms with Gasteiger partial charge in [-0.2, -0.15) is 0 Å². The van der Waals surface area contributed by atoms with E-state index in [0.29, 0.717) is 12.1 Å². The molecule has 2 rings (SSSR count). The van der Waals surface area contributed by atoms with E-state index in [-0.39, 0.29) is 5.56 Å².